The van der Waals surface area contributed by atoms with Gasteiger partial charge in [0.2, 0.25) is 5.91 Å². The Hall–Kier alpha value is -1.63. The Balaban J connectivity index is 2.38. The van der Waals surface area contributed by atoms with Crippen LogP contribution in [0.5, 0.6) is 0 Å². The Kier molecular flexibility index (Phi) is 35.9. The van der Waals surface area contributed by atoms with Gasteiger partial charge in [0.15, 0.2) is 6.29 Å². The summed E-state index contributed by atoms with van der Waals surface area (Å²) in [6.07, 6.45) is 36.7. The van der Waals surface area contributed by atoms with E-state index in [0.29, 0.717) is 19.3 Å². The lowest BCUT2D eigenvalue weighted by Crippen LogP contribution is -2.60. The molecule has 1 amide bonds. The fraction of sp³-hybridized carbons (Fsp3) is 0.854. The van der Waals surface area contributed by atoms with Gasteiger partial charge in [-0.15, -0.1) is 0 Å². The molecule has 10 heteroatoms. The van der Waals surface area contributed by atoms with Crippen LogP contribution in [0.1, 0.15) is 200 Å². The van der Waals surface area contributed by atoms with Crippen LogP contribution >= 0.6 is 0 Å². The average molecular weight is 824 g/mol. The third-order valence-electron chi connectivity index (χ3n) is 11.4. The van der Waals surface area contributed by atoms with E-state index >= 15 is 0 Å². The van der Waals surface area contributed by atoms with Gasteiger partial charge >= 0.3 is 0 Å². The standard InChI is InChI=1S/C48H89NO9/c1-3-5-7-9-11-13-15-17-18-19-20-21-22-23-25-27-29-31-33-35-37-42(52)47(56)49-40(39-57-48-46(55)45(54)44(53)43(38-50)58-48)41(51)36-34-32-30-28-26-24-16-14-12-10-8-6-4-2/h16,24,26,28,34,36,40-46,48,50-55H,3-15,17-23,25,27,29-33,35,37-39H2,1-2H3,(H,49,56)/b24-16+,28-26+,36-34+/t40-,41+,42+,43+,44-,45-,46+,48+/m0/s1. The monoisotopic (exact) mass is 824 g/mol. The molecule has 10 nitrogen and oxygen atoms in total. The molecule has 0 spiro atoms. The van der Waals surface area contributed by atoms with E-state index in [4.69, 9.17) is 9.47 Å². The van der Waals surface area contributed by atoms with Gasteiger partial charge in [0.25, 0.3) is 0 Å². The van der Waals surface area contributed by atoms with Crippen LogP contribution in [0, 0.1) is 0 Å². The number of hydrogen-bond acceptors (Lipinski definition) is 9. The molecule has 0 aromatic carbocycles. The highest BCUT2D eigenvalue weighted by Gasteiger charge is 2.44. The topological polar surface area (TPSA) is 169 Å². The zero-order valence-electron chi connectivity index (χ0n) is 36.9. The minimum Gasteiger partial charge on any atom is -0.394 e. The van der Waals surface area contributed by atoms with E-state index in [9.17, 15) is 35.4 Å². The van der Waals surface area contributed by atoms with Gasteiger partial charge in [-0.25, -0.2) is 0 Å². The number of amides is 1. The maximum Gasteiger partial charge on any atom is 0.249 e. The molecule has 1 fully saturated rings. The zero-order chi connectivity index (χ0) is 42.5. The van der Waals surface area contributed by atoms with Crippen LogP contribution < -0.4 is 5.32 Å². The molecule has 340 valence electrons. The maximum absolute atomic E-state index is 13.0. The van der Waals surface area contributed by atoms with Gasteiger partial charge < -0.3 is 45.4 Å². The summed E-state index contributed by atoms with van der Waals surface area (Å²) in [7, 11) is 0. The molecule has 8 atom stereocenters. The molecule has 7 N–H and O–H groups in total. The average Bonchev–Trinajstić information content (AvgIpc) is 3.22. The van der Waals surface area contributed by atoms with E-state index in [1.165, 1.54) is 135 Å². The van der Waals surface area contributed by atoms with Gasteiger partial charge in [0, 0.05) is 0 Å². The van der Waals surface area contributed by atoms with Gasteiger partial charge in [-0.05, 0) is 32.1 Å². The van der Waals surface area contributed by atoms with E-state index < -0.39 is 61.5 Å². The minimum absolute atomic E-state index is 0.302. The first-order valence-electron chi connectivity index (χ1n) is 23.8. The van der Waals surface area contributed by atoms with Crippen molar-refractivity contribution >= 4 is 5.91 Å². The Morgan fingerprint density at radius 3 is 1.55 bits per heavy atom. The molecule has 0 unspecified atom stereocenters. The van der Waals surface area contributed by atoms with Gasteiger partial charge in [0.05, 0.1) is 25.4 Å². The van der Waals surface area contributed by atoms with Crippen molar-refractivity contribution in [2.24, 2.45) is 0 Å². The zero-order valence-corrected chi connectivity index (χ0v) is 36.9. The second-order valence-corrected chi connectivity index (χ2v) is 16.7. The minimum atomic E-state index is -1.62. The van der Waals surface area contributed by atoms with Crippen molar-refractivity contribution < 1.29 is 44.9 Å². The second-order valence-electron chi connectivity index (χ2n) is 16.7. The highest BCUT2D eigenvalue weighted by Crippen LogP contribution is 2.23. The summed E-state index contributed by atoms with van der Waals surface area (Å²) in [5.74, 6) is -0.632. The van der Waals surface area contributed by atoms with Crippen molar-refractivity contribution in [1.82, 2.24) is 5.32 Å². The SMILES string of the molecule is CCCCCCC/C=C/C=C/CC/C=C/[C@@H](O)[C@H](CO[C@@H]1O[C@H](CO)[C@H](O)[C@H](O)[C@H]1O)NC(=O)[C@H](O)CCCCCCCCCCCCCCCCCCCCCC. The summed E-state index contributed by atoms with van der Waals surface area (Å²) in [6.45, 7) is 3.56. The van der Waals surface area contributed by atoms with Gasteiger partial charge in [-0.3, -0.25) is 4.79 Å². The molecule has 1 aliphatic rings. The number of allylic oxidation sites excluding steroid dienone is 5. The summed E-state index contributed by atoms with van der Waals surface area (Å²) < 4.78 is 11.1. The highest BCUT2D eigenvalue weighted by molar-refractivity contribution is 5.80. The molecular weight excluding hydrogens is 735 g/mol. The quantitative estimate of drug-likeness (QED) is 0.0182. The molecular formula is C48H89NO9. The smallest absolute Gasteiger partial charge is 0.249 e. The van der Waals surface area contributed by atoms with Crippen LogP contribution in [0.4, 0.5) is 0 Å². The lowest BCUT2D eigenvalue weighted by atomic mass is 9.99. The molecule has 1 heterocycles. The first-order chi connectivity index (χ1) is 28.3. The molecule has 1 saturated heterocycles. The number of ether oxygens (including phenoxy) is 2. The molecule has 1 rings (SSSR count). The third kappa shape index (κ3) is 28.0. The molecule has 58 heavy (non-hydrogen) atoms. The number of aliphatic hydroxyl groups excluding tert-OH is 6. The Morgan fingerprint density at radius 2 is 1.05 bits per heavy atom. The van der Waals surface area contributed by atoms with Crippen molar-refractivity contribution in [3.05, 3.63) is 36.5 Å². The van der Waals surface area contributed by atoms with Gasteiger partial charge in [0.1, 0.15) is 30.5 Å². The molecule has 0 aliphatic carbocycles. The molecule has 0 bridgehead atoms. The van der Waals surface area contributed by atoms with Gasteiger partial charge in [-0.1, -0.05) is 204 Å². The van der Waals surface area contributed by atoms with E-state index in [-0.39, 0.29) is 6.61 Å². The van der Waals surface area contributed by atoms with Crippen LogP contribution in [0.2, 0.25) is 0 Å². The van der Waals surface area contributed by atoms with Crippen molar-refractivity contribution in [2.45, 2.75) is 249 Å². The molecule has 0 aromatic rings. The van der Waals surface area contributed by atoms with E-state index in [2.05, 4.69) is 37.4 Å². The van der Waals surface area contributed by atoms with Crippen LogP contribution in [-0.2, 0) is 14.3 Å². The largest absolute Gasteiger partial charge is 0.394 e. The van der Waals surface area contributed by atoms with E-state index in [1.54, 1.807) is 6.08 Å². The summed E-state index contributed by atoms with van der Waals surface area (Å²) >= 11 is 0. The Morgan fingerprint density at radius 1 is 0.603 bits per heavy atom. The molecule has 0 saturated carbocycles. The van der Waals surface area contributed by atoms with Crippen LogP contribution in [0.15, 0.2) is 36.5 Å². The van der Waals surface area contributed by atoms with Crippen LogP contribution in [0.3, 0.4) is 0 Å². The number of nitrogens with one attached hydrogen (secondary N) is 1. The van der Waals surface area contributed by atoms with E-state index in [1.807, 2.05) is 12.2 Å². The fourth-order valence-electron chi connectivity index (χ4n) is 7.41. The predicted octanol–water partition coefficient (Wildman–Crippen LogP) is 9.03. The third-order valence-corrected chi connectivity index (χ3v) is 11.4. The number of carbonyl (C=O) groups is 1. The van der Waals surface area contributed by atoms with E-state index in [0.717, 1.165) is 32.1 Å². The van der Waals surface area contributed by atoms with Crippen molar-refractivity contribution in [2.75, 3.05) is 13.2 Å². The normalized spacial score (nSPS) is 21.7. The number of rotatable bonds is 39. The first kappa shape index (κ1) is 54.4. The number of unbranched alkanes of at least 4 members (excludes halogenated alkanes) is 25. The second kappa shape index (κ2) is 38.3. The number of aliphatic hydroxyl groups is 6. The van der Waals surface area contributed by atoms with Crippen LogP contribution in [0.25, 0.3) is 0 Å². The Bertz CT molecular complexity index is 1020. The number of carbonyl (C=O) groups excluding carboxylic acids is 1. The predicted molar refractivity (Wildman–Crippen MR) is 236 cm³/mol. The highest BCUT2D eigenvalue weighted by atomic mass is 16.7. The lowest BCUT2D eigenvalue weighted by Gasteiger charge is -2.40. The molecule has 1 aliphatic heterocycles. The summed E-state index contributed by atoms with van der Waals surface area (Å²) in [5, 5.41) is 64.6. The van der Waals surface area contributed by atoms with Crippen molar-refractivity contribution in [3.8, 4) is 0 Å². The first-order valence-corrected chi connectivity index (χ1v) is 23.8. The molecule has 0 aromatic heterocycles. The van der Waals surface area contributed by atoms with Crippen molar-refractivity contribution in [1.29, 1.82) is 0 Å². The van der Waals surface area contributed by atoms with Crippen LogP contribution in [-0.4, -0.2) is 98.7 Å². The summed E-state index contributed by atoms with van der Waals surface area (Å²) in [4.78, 5) is 13.0. The maximum atomic E-state index is 13.0. The Labute approximate surface area is 354 Å². The lowest BCUT2D eigenvalue weighted by molar-refractivity contribution is -0.302. The fourth-order valence-corrected chi connectivity index (χ4v) is 7.41. The van der Waals surface area contributed by atoms with Gasteiger partial charge in [-0.2, -0.15) is 0 Å². The summed E-state index contributed by atoms with van der Waals surface area (Å²) in [6, 6.07) is -1.00. The summed E-state index contributed by atoms with van der Waals surface area (Å²) in [5.41, 5.74) is 0. The molecule has 0 radical (unpaired) electrons. The van der Waals surface area contributed by atoms with Crippen molar-refractivity contribution in [3.63, 3.8) is 0 Å². The number of hydrogen-bond donors (Lipinski definition) is 7.